The van der Waals surface area contributed by atoms with Gasteiger partial charge in [0.25, 0.3) is 0 Å². The minimum atomic E-state index is -1.62. The highest BCUT2D eigenvalue weighted by atomic mass is 33.1. The molecule has 2 heterocycles. The molecule has 0 spiro atoms. The van der Waals surface area contributed by atoms with Crippen molar-refractivity contribution in [2.75, 3.05) is 52.4 Å². The number of hydrogen-bond acceptors (Lipinski definition) is 7. The summed E-state index contributed by atoms with van der Waals surface area (Å²) in [6, 6.07) is 0. The second-order valence-corrected chi connectivity index (χ2v) is 7.57. The van der Waals surface area contributed by atoms with Crippen molar-refractivity contribution < 1.29 is 0 Å². The Morgan fingerprint density at radius 1 is 0.833 bits per heavy atom. The van der Waals surface area contributed by atoms with E-state index in [-0.39, 0.29) is 0 Å². The van der Waals surface area contributed by atoms with E-state index < -0.39 is 9.62 Å². The minimum absolute atomic E-state index is 0.926. The summed E-state index contributed by atoms with van der Waals surface area (Å²) in [6.45, 7) is 7.76. The monoisotopic (exact) mass is 290 g/mol. The normalized spacial score (nSPS) is 28.5. The highest BCUT2D eigenvalue weighted by molar-refractivity contribution is 8.85. The van der Waals surface area contributed by atoms with Gasteiger partial charge in [-0.15, -0.1) is 0 Å². The summed E-state index contributed by atoms with van der Waals surface area (Å²) in [4.78, 5) is 0. The zero-order valence-corrected chi connectivity index (χ0v) is 12.2. The Hall–Kier alpha value is -0.120. The molecule has 0 aromatic rings. The fraction of sp³-hybridized carbons (Fsp3) is 0.800. The van der Waals surface area contributed by atoms with Crippen LogP contribution in [0.5, 0.6) is 0 Å². The Kier molecular flexibility index (Phi) is 5.93. The van der Waals surface area contributed by atoms with E-state index >= 15 is 0 Å². The van der Waals surface area contributed by atoms with Crippen LogP contribution in [0.1, 0.15) is 0 Å². The molecule has 2 rings (SSSR count). The van der Waals surface area contributed by atoms with E-state index in [2.05, 4.69) is 40.7 Å². The Labute approximate surface area is 115 Å². The maximum absolute atomic E-state index is 4.66. The van der Waals surface area contributed by atoms with Crippen LogP contribution in [0.15, 0.2) is 8.80 Å². The van der Waals surface area contributed by atoms with Crippen molar-refractivity contribution in [2.45, 2.75) is 0 Å². The van der Waals surface area contributed by atoms with E-state index in [1.54, 1.807) is 12.4 Å². The molecule has 0 aliphatic carbocycles. The maximum Gasteiger partial charge on any atom is 0.0611 e. The number of nitrogens with one attached hydrogen (secondary N) is 3. The van der Waals surface area contributed by atoms with Gasteiger partial charge in [-0.25, -0.2) is 13.1 Å². The van der Waals surface area contributed by atoms with Crippen LogP contribution in [0.4, 0.5) is 0 Å². The lowest BCUT2D eigenvalue weighted by Gasteiger charge is -2.36. The molecule has 8 heteroatoms. The van der Waals surface area contributed by atoms with Crippen molar-refractivity contribution in [1.82, 2.24) is 20.3 Å². The first-order chi connectivity index (χ1) is 8.81. The Balaban J connectivity index is 1.89. The van der Waals surface area contributed by atoms with Crippen LogP contribution in [0.3, 0.4) is 0 Å². The minimum Gasteiger partial charge on any atom is -0.314 e. The summed E-state index contributed by atoms with van der Waals surface area (Å²) >= 11 is 4.66. The number of nitrogens with zero attached hydrogens (tertiary/aromatic N) is 3. The molecule has 0 saturated carbocycles. The molecule has 3 N–H and O–H groups in total. The molecule has 2 aliphatic rings. The predicted molar refractivity (Wildman–Crippen MR) is 83.7 cm³/mol. The molecule has 6 nitrogen and oxygen atoms in total. The molecule has 18 heavy (non-hydrogen) atoms. The smallest absolute Gasteiger partial charge is 0.0611 e. The molecule has 0 unspecified atom stereocenters. The molecule has 0 amide bonds. The zero-order chi connectivity index (χ0) is 12.7. The highest BCUT2D eigenvalue weighted by Gasteiger charge is 2.26. The summed E-state index contributed by atoms with van der Waals surface area (Å²) in [5.74, 6) is 0. The zero-order valence-electron chi connectivity index (χ0n) is 10.5. The molecule has 0 radical (unpaired) electrons. The fourth-order valence-electron chi connectivity index (χ4n) is 1.87. The average molecular weight is 290 g/mol. The van der Waals surface area contributed by atoms with Gasteiger partial charge in [0.05, 0.1) is 22.0 Å². The van der Waals surface area contributed by atoms with E-state index in [0.717, 1.165) is 52.4 Å². The molecule has 0 aromatic carbocycles. The first kappa shape index (κ1) is 14.3. The second-order valence-electron chi connectivity index (χ2n) is 4.18. The molecule has 0 aromatic heterocycles. The van der Waals surface area contributed by atoms with Crippen LogP contribution in [0.25, 0.3) is 0 Å². The van der Waals surface area contributed by atoms with Gasteiger partial charge in [0.15, 0.2) is 0 Å². The molecule has 104 valence electrons. The van der Waals surface area contributed by atoms with E-state index in [1.807, 2.05) is 0 Å². The lowest BCUT2D eigenvalue weighted by molar-refractivity contribution is 0.428. The van der Waals surface area contributed by atoms with Gasteiger partial charge in [-0.1, -0.05) is 11.7 Å². The first-order valence-corrected chi connectivity index (χ1v) is 8.89. The average Bonchev–Trinajstić information content (AvgIpc) is 2.78. The summed E-state index contributed by atoms with van der Waals surface area (Å²) in [5.41, 5.74) is 0. The number of hydrogen-bond donors (Lipinski definition) is 4. The van der Waals surface area contributed by atoms with Crippen LogP contribution in [-0.4, -0.2) is 69.1 Å². The van der Waals surface area contributed by atoms with Crippen molar-refractivity contribution in [3.8, 4) is 0 Å². The van der Waals surface area contributed by atoms with Crippen molar-refractivity contribution >= 4 is 33.7 Å². The van der Waals surface area contributed by atoms with Gasteiger partial charge in [0, 0.05) is 52.4 Å². The quantitative estimate of drug-likeness (QED) is 0.393. The molecule has 0 bridgehead atoms. The third-order valence-electron chi connectivity index (χ3n) is 2.85. The molecule has 0 atom stereocenters. The van der Waals surface area contributed by atoms with Crippen LogP contribution >= 0.6 is 21.3 Å². The topological polar surface area (TPSA) is 64.0 Å². The van der Waals surface area contributed by atoms with E-state index in [4.69, 9.17) is 0 Å². The van der Waals surface area contributed by atoms with Crippen molar-refractivity contribution in [3.63, 3.8) is 0 Å². The van der Waals surface area contributed by atoms with Gasteiger partial charge in [-0.05, 0) is 0 Å². The van der Waals surface area contributed by atoms with Crippen LogP contribution in [0.2, 0.25) is 0 Å². The Morgan fingerprint density at radius 2 is 1.28 bits per heavy atom. The van der Waals surface area contributed by atoms with Gasteiger partial charge in [0.2, 0.25) is 0 Å². The van der Waals surface area contributed by atoms with Gasteiger partial charge >= 0.3 is 0 Å². The molecule has 2 aliphatic heterocycles. The lowest BCUT2D eigenvalue weighted by atomic mass is 10.4. The van der Waals surface area contributed by atoms with Gasteiger partial charge in [-0.3, -0.25) is 0 Å². The Morgan fingerprint density at radius 3 is 1.78 bits per heavy atom. The van der Waals surface area contributed by atoms with Crippen LogP contribution < -0.4 is 16.0 Å². The van der Waals surface area contributed by atoms with Crippen LogP contribution in [0, 0.1) is 0 Å². The lowest BCUT2D eigenvalue weighted by Crippen LogP contribution is -2.41. The van der Waals surface area contributed by atoms with Gasteiger partial charge in [-0.2, -0.15) is 0 Å². The summed E-state index contributed by atoms with van der Waals surface area (Å²) in [5, 5.41) is 10.2. The predicted octanol–water partition coefficient (Wildman–Crippen LogP) is -0.380. The first-order valence-electron chi connectivity index (χ1n) is 6.33. The molecule has 1 saturated heterocycles. The van der Waals surface area contributed by atoms with E-state index in [9.17, 15) is 0 Å². The van der Waals surface area contributed by atoms with Gasteiger partial charge < -0.3 is 16.0 Å². The van der Waals surface area contributed by atoms with Crippen LogP contribution in [-0.2, 0) is 0 Å². The van der Waals surface area contributed by atoms with Crippen molar-refractivity contribution in [2.24, 2.45) is 8.80 Å². The molecular weight excluding hydrogens is 268 g/mol. The van der Waals surface area contributed by atoms with E-state index in [0.29, 0.717) is 0 Å². The highest BCUT2D eigenvalue weighted by Crippen LogP contribution is 2.59. The summed E-state index contributed by atoms with van der Waals surface area (Å²) in [7, 11) is -1.62. The fourth-order valence-corrected chi connectivity index (χ4v) is 4.12. The van der Waals surface area contributed by atoms with Crippen molar-refractivity contribution in [1.29, 1.82) is 0 Å². The Bertz CT molecular complexity index is 285. The number of thiol groups is 1. The third-order valence-corrected chi connectivity index (χ3v) is 5.98. The van der Waals surface area contributed by atoms with Crippen molar-refractivity contribution in [3.05, 3.63) is 0 Å². The standard InChI is InChI=1S/C10H22N6S2/c17-18(14-5-6-15-18)16-9-7-12-3-1-11-2-4-13-8-10-16/h5-6,11-13,17H,1-4,7-10H2. The maximum atomic E-state index is 4.66. The van der Waals surface area contributed by atoms with Gasteiger partial charge in [0.1, 0.15) is 0 Å². The summed E-state index contributed by atoms with van der Waals surface area (Å²) < 4.78 is 11.1. The summed E-state index contributed by atoms with van der Waals surface area (Å²) in [6.07, 6.45) is 3.51. The second kappa shape index (κ2) is 7.46. The number of rotatable bonds is 1. The molecule has 1 fully saturated rings. The SMILES string of the molecule is SS1(N2CCNCCNCCNCC2)N=CC=N1. The largest absolute Gasteiger partial charge is 0.314 e. The third kappa shape index (κ3) is 4.22. The van der Waals surface area contributed by atoms with E-state index in [1.165, 1.54) is 0 Å². The molecular formula is C10H22N6S2.